The molecule has 1 atom stereocenters. The van der Waals surface area contributed by atoms with Crippen molar-refractivity contribution < 1.29 is 38.2 Å². The monoisotopic (exact) mass is 765 g/mol. The van der Waals surface area contributed by atoms with Crippen LogP contribution in [0.2, 0.25) is 0 Å². The molecule has 15 heteroatoms. The molecule has 1 aliphatic rings. The molecule has 13 nitrogen and oxygen atoms in total. The number of rotatable bonds is 13. The standard InChI is InChI=1S/C35H32BrN3O10S/c1-5-46-28-17-23(11-13-27(28)49-19-30(40)45-4)32-31(34(42)47-6-2)20(3)37-35-38(32)33(41)29(50-35)16-21-10-12-26(25(36)15-21)48-18-22-8-7-9-24(14-22)39(43)44/h7-17,32H,5-6,18-19H2,1-4H3/b29-16-/t32-/m0/s1. The fourth-order valence-electron chi connectivity index (χ4n) is 5.18. The van der Waals surface area contributed by atoms with Gasteiger partial charge in [-0.1, -0.05) is 35.6 Å². The van der Waals surface area contributed by atoms with Crippen molar-refractivity contribution in [2.45, 2.75) is 33.4 Å². The maximum atomic E-state index is 14.1. The predicted molar refractivity (Wildman–Crippen MR) is 187 cm³/mol. The normalized spacial score (nSPS) is 14.0. The van der Waals surface area contributed by atoms with Crippen molar-refractivity contribution in [1.29, 1.82) is 0 Å². The maximum Gasteiger partial charge on any atom is 0.343 e. The Bertz CT molecular complexity index is 2180. The van der Waals surface area contributed by atoms with Crippen LogP contribution >= 0.6 is 27.3 Å². The number of ether oxygens (including phenoxy) is 5. The Balaban J connectivity index is 1.52. The molecule has 0 N–H and O–H groups in total. The molecule has 0 saturated heterocycles. The zero-order chi connectivity index (χ0) is 35.9. The summed E-state index contributed by atoms with van der Waals surface area (Å²) in [6.45, 7) is 5.37. The summed E-state index contributed by atoms with van der Waals surface area (Å²) in [7, 11) is 1.26. The van der Waals surface area contributed by atoms with Crippen molar-refractivity contribution in [2.24, 2.45) is 4.99 Å². The third-order valence-electron chi connectivity index (χ3n) is 7.44. The first-order valence-corrected chi connectivity index (χ1v) is 17.0. The molecule has 1 aromatic heterocycles. The van der Waals surface area contributed by atoms with Crippen molar-refractivity contribution in [3.63, 3.8) is 0 Å². The van der Waals surface area contributed by atoms with Crippen molar-refractivity contribution in [2.75, 3.05) is 26.9 Å². The average Bonchev–Trinajstić information content (AvgIpc) is 3.40. The molecule has 3 aromatic carbocycles. The van der Waals surface area contributed by atoms with E-state index in [0.29, 0.717) is 47.7 Å². The van der Waals surface area contributed by atoms with E-state index in [1.807, 2.05) is 0 Å². The van der Waals surface area contributed by atoms with Crippen molar-refractivity contribution >= 4 is 51.0 Å². The molecule has 1 aliphatic heterocycles. The minimum atomic E-state index is -0.905. The number of non-ortho nitro benzene ring substituents is 1. The van der Waals surface area contributed by atoms with Gasteiger partial charge in [-0.25, -0.2) is 14.6 Å². The number of nitro groups is 1. The van der Waals surface area contributed by atoms with E-state index >= 15 is 0 Å². The van der Waals surface area contributed by atoms with Gasteiger partial charge >= 0.3 is 11.9 Å². The van der Waals surface area contributed by atoms with Crippen molar-refractivity contribution in [3.8, 4) is 17.2 Å². The molecule has 0 amide bonds. The number of benzene rings is 3. The van der Waals surface area contributed by atoms with Crippen LogP contribution in [0.4, 0.5) is 5.69 Å². The Morgan fingerprint density at radius 1 is 1.02 bits per heavy atom. The topological polar surface area (TPSA) is 158 Å². The molecule has 0 fully saturated rings. The summed E-state index contributed by atoms with van der Waals surface area (Å²) in [5.74, 6) is -0.0709. The van der Waals surface area contributed by atoms with Gasteiger partial charge in [0.15, 0.2) is 22.9 Å². The molecule has 260 valence electrons. The van der Waals surface area contributed by atoms with Crippen LogP contribution in [0.5, 0.6) is 17.2 Å². The first-order chi connectivity index (χ1) is 24.0. The predicted octanol–water partition coefficient (Wildman–Crippen LogP) is 5.00. The molecule has 4 aromatic rings. The highest BCUT2D eigenvalue weighted by molar-refractivity contribution is 9.10. The largest absolute Gasteiger partial charge is 0.490 e. The first kappa shape index (κ1) is 36.0. The smallest absolute Gasteiger partial charge is 0.343 e. The van der Waals surface area contributed by atoms with Crippen LogP contribution in [0.3, 0.4) is 0 Å². The van der Waals surface area contributed by atoms with E-state index in [4.69, 9.17) is 18.9 Å². The molecule has 50 heavy (non-hydrogen) atoms. The third kappa shape index (κ3) is 7.95. The molecule has 0 spiro atoms. The fourth-order valence-corrected chi connectivity index (χ4v) is 6.74. The number of methoxy groups -OCH3 is 1. The van der Waals surface area contributed by atoms with Crippen LogP contribution in [-0.4, -0.2) is 48.4 Å². The number of aromatic nitrogens is 1. The lowest BCUT2D eigenvalue weighted by Gasteiger charge is -2.25. The van der Waals surface area contributed by atoms with E-state index in [9.17, 15) is 24.5 Å². The second-order valence-corrected chi connectivity index (χ2v) is 12.6. The molecule has 0 radical (unpaired) electrons. The lowest BCUT2D eigenvalue weighted by Crippen LogP contribution is -2.40. The summed E-state index contributed by atoms with van der Waals surface area (Å²) in [4.78, 5) is 54.9. The first-order valence-electron chi connectivity index (χ1n) is 15.4. The van der Waals surface area contributed by atoms with Crippen LogP contribution in [0.25, 0.3) is 6.08 Å². The van der Waals surface area contributed by atoms with Gasteiger partial charge in [0.25, 0.3) is 11.2 Å². The van der Waals surface area contributed by atoms with Gasteiger partial charge in [0.05, 0.1) is 51.6 Å². The number of carbonyl (C=O) groups is 2. The summed E-state index contributed by atoms with van der Waals surface area (Å²) in [5, 5.41) is 11.1. The summed E-state index contributed by atoms with van der Waals surface area (Å²) in [5.41, 5.74) is 2.07. The van der Waals surface area contributed by atoms with E-state index in [1.54, 1.807) is 75.4 Å². The summed E-state index contributed by atoms with van der Waals surface area (Å²) in [6, 6.07) is 15.6. The van der Waals surface area contributed by atoms with E-state index in [2.05, 4.69) is 25.7 Å². The van der Waals surface area contributed by atoms with E-state index < -0.39 is 22.9 Å². The second kappa shape index (κ2) is 16.0. The molecule has 0 aliphatic carbocycles. The Morgan fingerprint density at radius 3 is 2.50 bits per heavy atom. The molecular weight excluding hydrogens is 734 g/mol. The minimum Gasteiger partial charge on any atom is -0.490 e. The van der Waals surface area contributed by atoms with Crippen LogP contribution < -0.4 is 29.1 Å². The quantitative estimate of drug-likeness (QED) is 0.103. The minimum absolute atomic E-state index is 0.0230. The average molecular weight is 767 g/mol. The number of esters is 2. The molecule has 0 saturated carbocycles. The number of nitro benzene ring substituents is 1. The number of halogens is 1. The fraction of sp³-hybridized carbons (Fsp3) is 0.257. The number of hydrogen-bond acceptors (Lipinski definition) is 12. The van der Waals surface area contributed by atoms with E-state index in [0.717, 1.165) is 0 Å². The number of carbonyl (C=O) groups excluding carboxylic acids is 2. The number of hydrogen-bond donors (Lipinski definition) is 0. The third-order valence-corrected chi connectivity index (χ3v) is 9.05. The molecule has 0 unspecified atom stereocenters. The number of thiazole rings is 1. The molecular formula is C35H32BrN3O10S. The number of fused-ring (bicyclic) bond motifs is 1. The second-order valence-electron chi connectivity index (χ2n) is 10.7. The number of nitrogens with zero attached hydrogens (tertiary/aromatic N) is 3. The lowest BCUT2D eigenvalue weighted by atomic mass is 9.95. The van der Waals surface area contributed by atoms with E-state index in [1.165, 1.54) is 35.1 Å². The van der Waals surface area contributed by atoms with Crippen molar-refractivity contribution in [1.82, 2.24) is 4.57 Å². The molecule has 5 rings (SSSR count). The highest BCUT2D eigenvalue weighted by Crippen LogP contribution is 2.36. The molecule has 0 bridgehead atoms. The molecule has 2 heterocycles. The van der Waals surface area contributed by atoms with Gasteiger partial charge in [-0.15, -0.1) is 0 Å². The van der Waals surface area contributed by atoms with Gasteiger partial charge in [-0.05, 0) is 83.7 Å². The summed E-state index contributed by atoms with van der Waals surface area (Å²) >= 11 is 4.70. The van der Waals surface area contributed by atoms with Gasteiger partial charge < -0.3 is 23.7 Å². The summed E-state index contributed by atoms with van der Waals surface area (Å²) < 4.78 is 29.8. The van der Waals surface area contributed by atoms with Crippen LogP contribution in [0.1, 0.15) is 43.5 Å². The maximum absolute atomic E-state index is 14.1. The Kier molecular flexibility index (Phi) is 11.5. The highest BCUT2D eigenvalue weighted by atomic mass is 79.9. The van der Waals surface area contributed by atoms with Crippen molar-refractivity contribution in [3.05, 3.63) is 123 Å². The van der Waals surface area contributed by atoms with E-state index in [-0.39, 0.29) is 49.0 Å². The van der Waals surface area contributed by atoms with Gasteiger partial charge in [0.1, 0.15) is 12.4 Å². The van der Waals surface area contributed by atoms with Gasteiger partial charge in [-0.2, -0.15) is 0 Å². The van der Waals surface area contributed by atoms with Crippen LogP contribution in [-0.2, 0) is 25.7 Å². The van der Waals surface area contributed by atoms with Gasteiger partial charge in [0.2, 0.25) is 0 Å². The lowest BCUT2D eigenvalue weighted by molar-refractivity contribution is -0.384. The highest BCUT2D eigenvalue weighted by Gasteiger charge is 2.34. The van der Waals surface area contributed by atoms with Gasteiger partial charge in [-0.3, -0.25) is 19.5 Å². The Hall–Kier alpha value is -5.28. The number of allylic oxidation sites excluding steroid dienone is 1. The zero-order valence-electron chi connectivity index (χ0n) is 27.5. The Morgan fingerprint density at radius 2 is 1.80 bits per heavy atom. The zero-order valence-corrected chi connectivity index (χ0v) is 29.9. The van der Waals surface area contributed by atoms with Gasteiger partial charge in [0, 0.05) is 12.1 Å². The summed E-state index contributed by atoms with van der Waals surface area (Å²) in [6.07, 6.45) is 1.72. The Labute approximate surface area is 298 Å². The van der Waals surface area contributed by atoms with Crippen LogP contribution in [0.15, 0.2) is 86.2 Å². The SMILES string of the molecule is CCOC(=O)C1=C(C)N=c2s/c(=C\c3ccc(OCc4cccc([N+](=O)[O-])c4)c(Br)c3)c(=O)n2[C@H]1c1ccc(OCC(=O)OC)c(OCC)c1. The van der Waals surface area contributed by atoms with Crippen LogP contribution in [0, 0.1) is 10.1 Å².